The van der Waals surface area contributed by atoms with Crippen molar-refractivity contribution >= 4 is 18.7 Å². The molecule has 0 amide bonds. The maximum Gasteiger partial charge on any atom is 0.460 e. The van der Waals surface area contributed by atoms with E-state index in [1.807, 2.05) is 27.7 Å². The lowest BCUT2D eigenvalue weighted by atomic mass is 9.82. The lowest BCUT2D eigenvalue weighted by Gasteiger charge is -2.32. The highest BCUT2D eigenvalue weighted by atomic mass is 35.5. The summed E-state index contributed by atoms with van der Waals surface area (Å²) in [5.74, 6) is 0.673. The van der Waals surface area contributed by atoms with Crippen LogP contribution in [0.3, 0.4) is 0 Å². The minimum atomic E-state index is -0.657. The Morgan fingerprint density at radius 1 is 1.14 bits per heavy atom. The fourth-order valence-electron chi connectivity index (χ4n) is 2.07. The molecule has 6 heteroatoms. The Hall–Kier alpha value is -0.745. The normalized spacial score (nSPS) is 21.3. The summed E-state index contributed by atoms with van der Waals surface area (Å²) >= 11 is 5.80. The number of hydrogen-bond acceptors (Lipinski definition) is 4. The van der Waals surface area contributed by atoms with Crippen LogP contribution in [0.25, 0.3) is 0 Å². The second-order valence-electron chi connectivity index (χ2n) is 6.34. The highest BCUT2D eigenvalue weighted by Gasteiger charge is 2.51. The Morgan fingerprint density at radius 3 is 2.19 bits per heavy atom. The van der Waals surface area contributed by atoms with E-state index in [0.29, 0.717) is 17.1 Å². The zero-order valence-electron chi connectivity index (χ0n) is 12.9. The van der Waals surface area contributed by atoms with Crippen molar-refractivity contribution in [3.05, 3.63) is 29.3 Å². The molecule has 1 aromatic rings. The summed E-state index contributed by atoms with van der Waals surface area (Å²) in [6, 6.07) is 7.03. The SMILES string of the molecule is CC1(C)OB(CC(O)COc2ccc(Cl)cc2)OC1(C)C. The van der Waals surface area contributed by atoms with Gasteiger partial charge in [0.15, 0.2) is 0 Å². The molecule has 0 aliphatic carbocycles. The van der Waals surface area contributed by atoms with E-state index >= 15 is 0 Å². The van der Waals surface area contributed by atoms with Crippen molar-refractivity contribution in [3.8, 4) is 5.75 Å². The lowest BCUT2D eigenvalue weighted by Crippen LogP contribution is -2.41. The average Bonchev–Trinajstić information content (AvgIpc) is 2.56. The third kappa shape index (κ3) is 4.13. The standard InChI is InChI=1S/C15H22BClO4/c1-14(2)15(3,4)21-16(20-14)9-12(18)10-19-13-7-5-11(17)6-8-13/h5-8,12,18H,9-10H2,1-4H3. The zero-order valence-corrected chi connectivity index (χ0v) is 13.7. The molecule has 4 nitrogen and oxygen atoms in total. The van der Waals surface area contributed by atoms with Crippen LogP contribution in [0.5, 0.6) is 5.75 Å². The Balaban J connectivity index is 1.80. The van der Waals surface area contributed by atoms with Gasteiger partial charge in [-0.25, -0.2) is 0 Å². The van der Waals surface area contributed by atoms with Crippen LogP contribution in [-0.2, 0) is 9.31 Å². The number of halogens is 1. The fraction of sp³-hybridized carbons (Fsp3) is 0.600. The quantitative estimate of drug-likeness (QED) is 0.848. The van der Waals surface area contributed by atoms with Crippen LogP contribution in [-0.4, -0.2) is 36.1 Å². The predicted octanol–water partition coefficient (Wildman–Crippen LogP) is 3.17. The van der Waals surface area contributed by atoms with Crippen molar-refractivity contribution in [3.63, 3.8) is 0 Å². The number of aliphatic hydroxyl groups excluding tert-OH is 1. The summed E-state index contributed by atoms with van der Waals surface area (Å²) in [4.78, 5) is 0. The lowest BCUT2D eigenvalue weighted by molar-refractivity contribution is 0.00578. The molecular weight excluding hydrogens is 290 g/mol. The van der Waals surface area contributed by atoms with Gasteiger partial charge in [-0.1, -0.05) is 11.6 Å². The Kier molecular flexibility index (Phi) is 4.88. The number of ether oxygens (including phenoxy) is 1. The molecule has 1 N–H and O–H groups in total. The Morgan fingerprint density at radius 2 is 1.67 bits per heavy atom. The first-order valence-corrected chi connectivity index (χ1v) is 7.49. The molecule has 0 spiro atoms. The van der Waals surface area contributed by atoms with Gasteiger partial charge in [0.25, 0.3) is 0 Å². The molecule has 1 fully saturated rings. The third-order valence-electron chi connectivity index (χ3n) is 4.02. The Labute approximate surface area is 131 Å². The third-order valence-corrected chi connectivity index (χ3v) is 4.27. The summed E-state index contributed by atoms with van der Waals surface area (Å²) in [7, 11) is -0.418. The van der Waals surface area contributed by atoms with E-state index in [1.165, 1.54) is 0 Å². The molecule has 0 saturated carbocycles. The maximum absolute atomic E-state index is 10.1. The molecule has 0 radical (unpaired) electrons. The van der Waals surface area contributed by atoms with Crippen molar-refractivity contribution in [2.75, 3.05) is 6.61 Å². The molecule has 0 bridgehead atoms. The molecule has 116 valence electrons. The van der Waals surface area contributed by atoms with Crippen molar-refractivity contribution in [1.29, 1.82) is 0 Å². The van der Waals surface area contributed by atoms with Gasteiger partial charge in [0.05, 0.1) is 17.3 Å². The number of aliphatic hydroxyl groups is 1. The van der Waals surface area contributed by atoms with E-state index < -0.39 is 13.2 Å². The molecule has 1 unspecified atom stereocenters. The van der Waals surface area contributed by atoms with Crippen molar-refractivity contribution in [1.82, 2.24) is 0 Å². The van der Waals surface area contributed by atoms with Gasteiger partial charge in [0.2, 0.25) is 0 Å². The van der Waals surface area contributed by atoms with Crippen LogP contribution in [0.15, 0.2) is 24.3 Å². The first-order valence-electron chi connectivity index (χ1n) is 7.12. The molecule has 1 aromatic carbocycles. The summed E-state index contributed by atoms with van der Waals surface area (Å²) in [5.41, 5.74) is -0.761. The van der Waals surface area contributed by atoms with E-state index in [0.717, 1.165) is 0 Å². The molecule has 1 atom stereocenters. The largest absolute Gasteiger partial charge is 0.491 e. The minimum Gasteiger partial charge on any atom is -0.491 e. The van der Waals surface area contributed by atoms with E-state index in [1.54, 1.807) is 24.3 Å². The van der Waals surface area contributed by atoms with Crippen LogP contribution in [0.2, 0.25) is 11.3 Å². The molecule has 1 heterocycles. The summed E-state index contributed by atoms with van der Waals surface area (Å²) in [6.07, 6.45) is -0.282. The molecule has 1 aliphatic heterocycles. The van der Waals surface area contributed by atoms with Crippen LogP contribution in [0.1, 0.15) is 27.7 Å². The molecular formula is C15H22BClO4. The second kappa shape index (κ2) is 6.17. The van der Waals surface area contributed by atoms with Gasteiger partial charge < -0.3 is 19.2 Å². The first kappa shape index (κ1) is 16.6. The molecule has 21 heavy (non-hydrogen) atoms. The van der Waals surface area contributed by atoms with Gasteiger partial charge >= 0.3 is 7.12 Å². The van der Waals surface area contributed by atoms with Gasteiger partial charge in [0, 0.05) is 11.3 Å². The predicted molar refractivity (Wildman–Crippen MR) is 83.8 cm³/mol. The topological polar surface area (TPSA) is 47.9 Å². The second-order valence-corrected chi connectivity index (χ2v) is 6.78. The van der Waals surface area contributed by atoms with Gasteiger partial charge in [0.1, 0.15) is 12.4 Å². The van der Waals surface area contributed by atoms with Gasteiger partial charge in [-0.15, -0.1) is 0 Å². The van der Waals surface area contributed by atoms with Crippen molar-refractivity contribution < 1.29 is 19.2 Å². The average molecular weight is 313 g/mol. The highest BCUT2D eigenvalue weighted by Crippen LogP contribution is 2.37. The van der Waals surface area contributed by atoms with E-state index in [9.17, 15) is 5.11 Å². The Bertz CT molecular complexity index is 459. The number of hydrogen-bond donors (Lipinski definition) is 1. The van der Waals surface area contributed by atoms with Crippen LogP contribution in [0, 0.1) is 0 Å². The first-order chi connectivity index (χ1) is 9.69. The highest BCUT2D eigenvalue weighted by molar-refractivity contribution is 6.45. The van der Waals surface area contributed by atoms with Crippen LogP contribution >= 0.6 is 11.6 Å². The van der Waals surface area contributed by atoms with E-state index in [2.05, 4.69) is 0 Å². The summed E-state index contributed by atoms with van der Waals surface area (Å²) < 4.78 is 17.2. The molecule has 1 aliphatic rings. The monoisotopic (exact) mass is 312 g/mol. The minimum absolute atomic E-state index is 0.186. The fourth-order valence-corrected chi connectivity index (χ4v) is 2.20. The van der Waals surface area contributed by atoms with Gasteiger partial charge in [-0.2, -0.15) is 0 Å². The molecule has 2 rings (SSSR count). The smallest absolute Gasteiger partial charge is 0.460 e. The van der Waals surface area contributed by atoms with E-state index in [-0.39, 0.29) is 17.8 Å². The van der Waals surface area contributed by atoms with Gasteiger partial charge in [-0.3, -0.25) is 0 Å². The number of rotatable bonds is 5. The maximum atomic E-state index is 10.1. The number of benzene rings is 1. The summed E-state index contributed by atoms with van der Waals surface area (Å²) in [6.45, 7) is 8.14. The molecule has 1 saturated heterocycles. The van der Waals surface area contributed by atoms with Crippen molar-refractivity contribution in [2.24, 2.45) is 0 Å². The van der Waals surface area contributed by atoms with E-state index in [4.69, 9.17) is 25.6 Å². The molecule has 0 aromatic heterocycles. The van der Waals surface area contributed by atoms with Crippen molar-refractivity contribution in [2.45, 2.75) is 51.3 Å². The van der Waals surface area contributed by atoms with Gasteiger partial charge in [-0.05, 0) is 52.0 Å². The summed E-state index contributed by atoms with van der Waals surface area (Å²) in [5, 5.41) is 10.7. The zero-order chi connectivity index (χ0) is 15.7. The van der Waals surface area contributed by atoms with Crippen LogP contribution < -0.4 is 4.74 Å². The van der Waals surface area contributed by atoms with Crippen LogP contribution in [0.4, 0.5) is 0 Å².